The third-order valence-corrected chi connectivity index (χ3v) is 3.80. The standard InChI is InChI=1S/C16H14N2O5S/c1-24-14-8-3-2-7-13(14)16(20)23-10-15(19)17-11-5-4-6-12(9-11)18(21)22/h2-9H,10H2,1H3,(H,17,19). The maximum absolute atomic E-state index is 12.0. The molecule has 124 valence electrons. The number of ether oxygens (including phenoxy) is 1. The van der Waals surface area contributed by atoms with Gasteiger partial charge in [-0.1, -0.05) is 18.2 Å². The average Bonchev–Trinajstić information content (AvgIpc) is 2.59. The minimum Gasteiger partial charge on any atom is -0.452 e. The number of nitrogens with one attached hydrogen (secondary N) is 1. The van der Waals surface area contributed by atoms with E-state index in [1.165, 1.54) is 36.0 Å². The molecule has 0 aliphatic rings. The van der Waals surface area contributed by atoms with Gasteiger partial charge in [0.05, 0.1) is 10.5 Å². The molecule has 0 fully saturated rings. The summed E-state index contributed by atoms with van der Waals surface area (Å²) in [5.41, 5.74) is 0.501. The van der Waals surface area contributed by atoms with Gasteiger partial charge >= 0.3 is 5.97 Å². The Bertz CT molecular complexity index is 779. The number of amides is 1. The molecule has 0 saturated heterocycles. The van der Waals surface area contributed by atoms with Gasteiger partial charge in [-0.25, -0.2) is 4.79 Å². The van der Waals surface area contributed by atoms with Crippen LogP contribution >= 0.6 is 11.8 Å². The van der Waals surface area contributed by atoms with Gasteiger partial charge in [-0.15, -0.1) is 11.8 Å². The molecule has 0 aliphatic carbocycles. The predicted molar refractivity (Wildman–Crippen MR) is 90.2 cm³/mol. The SMILES string of the molecule is CSc1ccccc1C(=O)OCC(=O)Nc1cccc([N+](=O)[O-])c1. The molecule has 0 unspecified atom stereocenters. The van der Waals surface area contributed by atoms with Crippen molar-refractivity contribution in [1.29, 1.82) is 0 Å². The molecule has 0 atom stereocenters. The normalized spacial score (nSPS) is 10.0. The van der Waals surface area contributed by atoms with Gasteiger partial charge in [-0.05, 0) is 24.5 Å². The maximum atomic E-state index is 12.0. The molecule has 0 spiro atoms. The van der Waals surface area contributed by atoms with Crippen LogP contribution in [-0.4, -0.2) is 29.7 Å². The Kier molecular flexibility index (Phi) is 5.91. The lowest BCUT2D eigenvalue weighted by molar-refractivity contribution is -0.384. The van der Waals surface area contributed by atoms with Crippen LogP contribution in [0.1, 0.15) is 10.4 Å². The van der Waals surface area contributed by atoms with Crippen molar-refractivity contribution in [3.8, 4) is 0 Å². The number of hydrogen-bond acceptors (Lipinski definition) is 6. The smallest absolute Gasteiger partial charge is 0.339 e. The van der Waals surface area contributed by atoms with Crippen molar-refractivity contribution in [3.05, 3.63) is 64.2 Å². The van der Waals surface area contributed by atoms with Gasteiger partial charge in [0.2, 0.25) is 0 Å². The summed E-state index contributed by atoms with van der Waals surface area (Å²) >= 11 is 1.40. The summed E-state index contributed by atoms with van der Waals surface area (Å²) in [5.74, 6) is -1.18. The molecular formula is C16H14N2O5S. The third kappa shape index (κ3) is 4.56. The van der Waals surface area contributed by atoms with Crippen LogP contribution in [0, 0.1) is 10.1 Å². The minimum absolute atomic E-state index is 0.140. The summed E-state index contributed by atoms with van der Waals surface area (Å²) in [6.07, 6.45) is 1.83. The fourth-order valence-corrected chi connectivity index (χ4v) is 2.50. The quantitative estimate of drug-likeness (QED) is 0.373. The zero-order valence-corrected chi connectivity index (χ0v) is 13.5. The first-order valence-electron chi connectivity index (χ1n) is 6.85. The second-order valence-corrected chi connectivity index (χ2v) is 5.48. The Morgan fingerprint density at radius 1 is 1.21 bits per heavy atom. The Morgan fingerprint density at radius 2 is 1.96 bits per heavy atom. The van der Waals surface area contributed by atoms with Gasteiger partial charge in [0, 0.05) is 22.7 Å². The fraction of sp³-hybridized carbons (Fsp3) is 0.125. The number of rotatable bonds is 6. The first-order chi connectivity index (χ1) is 11.5. The highest BCUT2D eigenvalue weighted by Gasteiger charge is 2.14. The lowest BCUT2D eigenvalue weighted by Gasteiger charge is -2.08. The lowest BCUT2D eigenvalue weighted by Crippen LogP contribution is -2.21. The molecule has 24 heavy (non-hydrogen) atoms. The summed E-state index contributed by atoms with van der Waals surface area (Å²) in [7, 11) is 0. The zero-order chi connectivity index (χ0) is 17.5. The van der Waals surface area contributed by atoms with Crippen molar-refractivity contribution >= 4 is 35.0 Å². The predicted octanol–water partition coefficient (Wildman–Crippen LogP) is 3.11. The van der Waals surface area contributed by atoms with Crippen molar-refractivity contribution < 1.29 is 19.2 Å². The summed E-state index contributed by atoms with van der Waals surface area (Å²) in [4.78, 5) is 34.7. The average molecular weight is 346 g/mol. The van der Waals surface area contributed by atoms with E-state index in [1.807, 2.05) is 6.26 Å². The number of carbonyl (C=O) groups excluding carboxylic acids is 2. The van der Waals surface area contributed by atoms with Crippen molar-refractivity contribution in [1.82, 2.24) is 0 Å². The van der Waals surface area contributed by atoms with E-state index in [2.05, 4.69) is 5.32 Å². The van der Waals surface area contributed by atoms with Gasteiger partial charge in [0.1, 0.15) is 0 Å². The Hall–Kier alpha value is -2.87. The number of anilines is 1. The molecule has 0 saturated carbocycles. The van der Waals surface area contributed by atoms with Crippen molar-refractivity contribution in [2.24, 2.45) is 0 Å². The Morgan fingerprint density at radius 3 is 2.67 bits per heavy atom. The molecule has 8 heteroatoms. The van der Waals surface area contributed by atoms with Gasteiger partial charge < -0.3 is 10.1 Å². The van der Waals surface area contributed by atoms with Gasteiger partial charge in [0.15, 0.2) is 6.61 Å². The number of non-ortho nitro benzene ring substituents is 1. The van der Waals surface area contributed by atoms with E-state index in [1.54, 1.807) is 24.3 Å². The largest absolute Gasteiger partial charge is 0.452 e. The van der Waals surface area contributed by atoms with Crippen LogP contribution in [-0.2, 0) is 9.53 Å². The number of nitro benzene ring substituents is 1. The van der Waals surface area contributed by atoms with Crippen LogP contribution in [0.3, 0.4) is 0 Å². The van der Waals surface area contributed by atoms with E-state index < -0.39 is 23.4 Å². The third-order valence-electron chi connectivity index (χ3n) is 3.00. The first-order valence-corrected chi connectivity index (χ1v) is 8.08. The number of carbonyl (C=O) groups is 2. The van der Waals surface area contributed by atoms with Crippen molar-refractivity contribution in [2.45, 2.75) is 4.90 Å². The first kappa shape index (κ1) is 17.5. The summed E-state index contributed by atoms with van der Waals surface area (Å²) in [6.45, 7) is -0.482. The number of nitrogens with zero attached hydrogens (tertiary/aromatic N) is 1. The molecule has 0 radical (unpaired) electrons. The summed E-state index contributed by atoms with van der Waals surface area (Å²) in [5, 5.41) is 13.1. The van der Waals surface area contributed by atoms with Crippen LogP contribution in [0.5, 0.6) is 0 Å². The monoisotopic (exact) mass is 346 g/mol. The maximum Gasteiger partial charge on any atom is 0.339 e. The minimum atomic E-state index is -0.603. The number of benzene rings is 2. The molecule has 1 amide bonds. The van der Waals surface area contributed by atoms with E-state index >= 15 is 0 Å². The molecule has 0 aromatic heterocycles. The second kappa shape index (κ2) is 8.11. The summed E-state index contributed by atoms with van der Waals surface area (Å²) < 4.78 is 4.98. The Balaban J connectivity index is 1.94. The van der Waals surface area contributed by atoms with E-state index in [0.29, 0.717) is 5.56 Å². The Labute approximate surface area is 142 Å². The van der Waals surface area contributed by atoms with Crippen molar-refractivity contribution in [2.75, 3.05) is 18.2 Å². The number of hydrogen-bond donors (Lipinski definition) is 1. The van der Waals surface area contributed by atoms with E-state index in [-0.39, 0.29) is 11.4 Å². The highest BCUT2D eigenvalue weighted by molar-refractivity contribution is 7.98. The van der Waals surface area contributed by atoms with E-state index in [4.69, 9.17) is 4.74 Å². The molecule has 2 aromatic carbocycles. The molecule has 0 heterocycles. The molecule has 0 aliphatic heterocycles. The molecule has 0 bridgehead atoms. The topological polar surface area (TPSA) is 98.5 Å². The second-order valence-electron chi connectivity index (χ2n) is 4.63. The highest BCUT2D eigenvalue weighted by Crippen LogP contribution is 2.20. The number of nitro groups is 1. The van der Waals surface area contributed by atoms with Crippen LogP contribution < -0.4 is 5.32 Å². The molecule has 7 nitrogen and oxygen atoms in total. The van der Waals surface area contributed by atoms with Gasteiger partial charge in [0.25, 0.3) is 11.6 Å². The number of thioether (sulfide) groups is 1. The van der Waals surface area contributed by atoms with Crippen LogP contribution in [0.25, 0.3) is 0 Å². The molecule has 1 N–H and O–H groups in total. The van der Waals surface area contributed by atoms with E-state index in [0.717, 1.165) is 4.90 Å². The molecule has 2 rings (SSSR count). The zero-order valence-electron chi connectivity index (χ0n) is 12.7. The van der Waals surface area contributed by atoms with Crippen molar-refractivity contribution in [3.63, 3.8) is 0 Å². The lowest BCUT2D eigenvalue weighted by atomic mass is 10.2. The highest BCUT2D eigenvalue weighted by atomic mass is 32.2. The van der Waals surface area contributed by atoms with Gasteiger partial charge in [-0.2, -0.15) is 0 Å². The molecule has 2 aromatic rings. The van der Waals surface area contributed by atoms with E-state index in [9.17, 15) is 19.7 Å². The summed E-state index contributed by atoms with van der Waals surface area (Å²) in [6, 6.07) is 12.4. The van der Waals surface area contributed by atoms with Crippen LogP contribution in [0.4, 0.5) is 11.4 Å². The fourth-order valence-electron chi connectivity index (χ4n) is 1.92. The number of esters is 1. The van der Waals surface area contributed by atoms with Gasteiger partial charge in [-0.3, -0.25) is 14.9 Å². The molecular weight excluding hydrogens is 332 g/mol. The van der Waals surface area contributed by atoms with Crippen LogP contribution in [0.2, 0.25) is 0 Å². The van der Waals surface area contributed by atoms with Crippen LogP contribution in [0.15, 0.2) is 53.4 Å².